The summed E-state index contributed by atoms with van der Waals surface area (Å²) < 4.78 is 0. The average Bonchev–Trinajstić information content (AvgIpc) is 2.77. The van der Waals surface area contributed by atoms with E-state index in [1.54, 1.807) is 0 Å². The first-order valence-electron chi connectivity index (χ1n) is 8.76. The van der Waals surface area contributed by atoms with Crippen LogP contribution < -0.4 is 0 Å². The normalized spacial score (nSPS) is 18.7. The van der Waals surface area contributed by atoms with E-state index in [9.17, 15) is 0 Å². The van der Waals surface area contributed by atoms with Crippen LogP contribution in [0, 0.1) is 17.8 Å². The minimum atomic E-state index is 0.156. The number of fused-ring (bicyclic) bond motifs is 1. The van der Waals surface area contributed by atoms with Gasteiger partial charge in [0.15, 0.2) is 0 Å². The lowest BCUT2D eigenvalue weighted by Gasteiger charge is -2.26. The van der Waals surface area contributed by atoms with Crippen molar-refractivity contribution in [3.05, 3.63) is 33.4 Å². The molecule has 0 nitrogen and oxygen atoms in total. The van der Waals surface area contributed by atoms with E-state index in [2.05, 4.69) is 74.5 Å². The average molecular weight is 361 g/mol. The summed E-state index contributed by atoms with van der Waals surface area (Å²) in [7, 11) is 0. The zero-order valence-corrected chi connectivity index (χ0v) is 18.4. The van der Waals surface area contributed by atoms with Gasteiger partial charge < -0.3 is 0 Å². The summed E-state index contributed by atoms with van der Waals surface area (Å²) in [5.41, 5.74) is 8.21. The smallest absolute Gasteiger partial charge is 0.0160 e. The van der Waals surface area contributed by atoms with Crippen LogP contribution >= 0.6 is 25.3 Å². The third-order valence-electron chi connectivity index (χ3n) is 5.42. The van der Waals surface area contributed by atoms with Gasteiger partial charge in [0.2, 0.25) is 0 Å². The summed E-state index contributed by atoms with van der Waals surface area (Å²) >= 11 is 9.85. The fraction of sp³-hybridized carbons (Fsp3) is 0.545. The number of benzene rings is 1. The Labute approximate surface area is 159 Å². The van der Waals surface area contributed by atoms with Crippen molar-refractivity contribution in [2.45, 2.75) is 78.0 Å². The third kappa shape index (κ3) is 3.37. The standard InChI is InChI=1S/C22H32S2/c1-12(21(4,5)6)10-15-13(2)19(23)16-11-17(22(7,8)9)14(3)18(16)20(15)24/h10-11,14,23-24H,1-9H3/b12-10+. The van der Waals surface area contributed by atoms with Gasteiger partial charge in [-0.15, -0.1) is 25.3 Å². The van der Waals surface area contributed by atoms with E-state index in [0.29, 0.717) is 5.92 Å². The molecule has 0 bridgehead atoms. The lowest BCUT2D eigenvalue weighted by atomic mass is 9.79. The summed E-state index contributed by atoms with van der Waals surface area (Å²) in [5, 5.41) is 0. The fourth-order valence-electron chi connectivity index (χ4n) is 3.40. The van der Waals surface area contributed by atoms with Crippen LogP contribution in [0.2, 0.25) is 0 Å². The molecule has 0 aliphatic heterocycles. The molecule has 0 amide bonds. The third-order valence-corrected chi connectivity index (χ3v) is 6.48. The summed E-state index contributed by atoms with van der Waals surface area (Å²) in [5.74, 6) is 0.390. The molecule has 1 aliphatic rings. The zero-order chi connectivity index (χ0) is 18.6. The Morgan fingerprint density at radius 1 is 1.04 bits per heavy atom. The molecule has 1 aromatic rings. The van der Waals surface area contributed by atoms with Crippen molar-refractivity contribution < 1.29 is 0 Å². The maximum Gasteiger partial charge on any atom is 0.0160 e. The molecule has 0 heterocycles. The molecule has 132 valence electrons. The topological polar surface area (TPSA) is 0 Å². The van der Waals surface area contributed by atoms with Crippen molar-refractivity contribution in [2.24, 2.45) is 10.8 Å². The minimum Gasteiger partial charge on any atom is -0.143 e. The number of hydrogen-bond acceptors (Lipinski definition) is 2. The number of rotatable bonds is 1. The van der Waals surface area contributed by atoms with Gasteiger partial charge in [-0.2, -0.15) is 0 Å². The van der Waals surface area contributed by atoms with Crippen LogP contribution in [0.15, 0.2) is 20.9 Å². The number of allylic oxidation sites excluding steroid dienone is 2. The first kappa shape index (κ1) is 19.7. The SMILES string of the molecule is C/C(=C\c1c(C)c(S)c2c(c1S)C(C)C(C(C)(C)C)=C2)C(C)(C)C. The van der Waals surface area contributed by atoms with Gasteiger partial charge in [0.1, 0.15) is 0 Å². The molecule has 1 atom stereocenters. The largest absolute Gasteiger partial charge is 0.143 e. The van der Waals surface area contributed by atoms with Crippen molar-refractivity contribution in [1.29, 1.82) is 0 Å². The van der Waals surface area contributed by atoms with Gasteiger partial charge in [0.25, 0.3) is 0 Å². The highest BCUT2D eigenvalue weighted by atomic mass is 32.1. The maximum atomic E-state index is 4.97. The van der Waals surface area contributed by atoms with E-state index in [1.807, 2.05) is 0 Å². The van der Waals surface area contributed by atoms with Crippen molar-refractivity contribution in [2.75, 3.05) is 0 Å². The van der Waals surface area contributed by atoms with Gasteiger partial charge in [0.05, 0.1) is 0 Å². The predicted molar refractivity (Wildman–Crippen MR) is 115 cm³/mol. The lowest BCUT2D eigenvalue weighted by Crippen LogP contribution is -2.12. The van der Waals surface area contributed by atoms with Gasteiger partial charge >= 0.3 is 0 Å². The molecule has 0 N–H and O–H groups in total. The molecule has 0 fully saturated rings. The Morgan fingerprint density at radius 2 is 1.58 bits per heavy atom. The van der Waals surface area contributed by atoms with Crippen LogP contribution in [-0.4, -0.2) is 0 Å². The van der Waals surface area contributed by atoms with Crippen LogP contribution in [0.1, 0.15) is 83.6 Å². The second kappa shape index (κ2) is 6.29. The Balaban J connectivity index is 2.71. The second-order valence-electron chi connectivity index (χ2n) is 9.21. The van der Waals surface area contributed by atoms with E-state index >= 15 is 0 Å². The minimum absolute atomic E-state index is 0.156. The van der Waals surface area contributed by atoms with Crippen LogP contribution in [0.25, 0.3) is 12.2 Å². The van der Waals surface area contributed by atoms with Crippen LogP contribution in [-0.2, 0) is 0 Å². The van der Waals surface area contributed by atoms with Gasteiger partial charge in [-0.05, 0) is 46.9 Å². The summed E-state index contributed by atoms with van der Waals surface area (Å²) in [6, 6.07) is 0. The Bertz CT molecular complexity index is 735. The molecule has 0 aromatic heterocycles. The van der Waals surface area contributed by atoms with E-state index in [1.165, 1.54) is 33.4 Å². The molecule has 0 saturated carbocycles. The molecule has 24 heavy (non-hydrogen) atoms. The second-order valence-corrected chi connectivity index (χ2v) is 10.1. The molecule has 2 rings (SSSR count). The van der Waals surface area contributed by atoms with Crippen molar-refractivity contribution in [3.63, 3.8) is 0 Å². The van der Waals surface area contributed by atoms with Crippen LogP contribution in [0.4, 0.5) is 0 Å². The first-order valence-corrected chi connectivity index (χ1v) is 9.65. The summed E-state index contributed by atoms with van der Waals surface area (Å²) in [4.78, 5) is 2.22. The van der Waals surface area contributed by atoms with Gasteiger partial charge in [0, 0.05) is 15.7 Å². The predicted octanol–water partition coefficient (Wildman–Crippen LogP) is 7.57. The molecule has 0 spiro atoms. The molecule has 1 unspecified atom stereocenters. The van der Waals surface area contributed by atoms with Gasteiger partial charge in [-0.3, -0.25) is 0 Å². The molecule has 2 heteroatoms. The molecule has 0 radical (unpaired) electrons. The van der Waals surface area contributed by atoms with Gasteiger partial charge in [-0.1, -0.05) is 71.8 Å². The highest BCUT2D eigenvalue weighted by Gasteiger charge is 2.33. The van der Waals surface area contributed by atoms with E-state index in [-0.39, 0.29) is 10.8 Å². The highest BCUT2D eigenvalue weighted by Crippen LogP contribution is 2.50. The quantitative estimate of drug-likeness (QED) is 0.474. The first-order chi connectivity index (χ1) is 10.8. The summed E-state index contributed by atoms with van der Waals surface area (Å²) in [6.45, 7) is 20.3. The van der Waals surface area contributed by atoms with Crippen LogP contribution in [0.3, 0.4) is 0 Å². The fourth-order valence-corrected chi connectivity index (χ4v) is 4.26. The van der Waals surface area contributed by atoms with E-state index in [4.69, 9.17) is 25.3 Å². The Kier molecular flexibility index (Phi) is 5.16. The van der Waals surface area contributed by atoms with Gasteiger partial charge in [-0.25, -0.2) is 0 Å². The molecule has 1 aromatic carbocycles. The van der Waals surface area contributed by atoms with Crippen molar-refractivity contribution in [1.82, 2.24) is 0 Å². The molecule has 1 aliphatic carbocycles. The summed E-state index contributed by atoms with van der Waals surface area (Å²) in [6.07, 6.45) is 4.65. The number of hydrogen-bond donors (Lipinski definition) is 2. The molecular weight excluding hydrogens is 328 g/mol. The van der Waals surface area contributed by atoms with E-state index in [0.717, 1.165) is 9.79 Å². The van der Waals surface area contributed by atoms with Crippen molar-refractivity contribution >= 4 is 37.4 Å². The number of thiol groups is 2. The monoisotopic (exact) mass is 360 g/mol. The lowest BCUT2D eigenvalue weighted by molar-refractivity contribution is 0.477. The maximum absolute atomic E-state index is 4.97. The Hall–Kier alpha value is -0.600. The van der Waals surface area contributed by atoms with Crippen molar-refractivity contribution in [3.8, 4) is 0 Å². The highest BCUT2D eigenvalue weighted by molar-refractivity contribution is 7.81. The molecular formula is C22H32S2. The Morgan fingerprint density at radius 3 is 2.04 bits per heavy atom. The van der Waals surface area contributed by atoms with E-state index < -0.39 is 0 Å². The zero-order valence-electron chi connectivity index (χ0n) is 16.6. The molecule has 0 saturated heterocycles. The van der Waals surface area contributed by atoms with Crippen LogP contribution in [0.5, 0.6) is 0 Å².